The minimum atomic E-state index is -1.13. The Morgan fingerprint density at radius 3 is 2.88 bits per heavy atom. The van der Waals surface area contributed by atoms with Crippen molar-refractivity contribution in [3.63, 3.8) is 0 Å². The highest BCUT2D eigenvalue weighted by molar-refractivity contribution is 5.88. The van der Waals surface area contributed by atoms with Gasteiger partial charge in [0.1, 0.15) is 19.3 Å². The minimum Gasteiger partial charge on any atom is -0.480 e. The van der Waals surface area contributed by atoms with Gasteiger partial charge in [-0.05, 0) is 19.3 Å². The smallest absolute Gasteiger partial charge is 0.329 e. The third-order valence-corrected chi connectivity index (χ3v) is 2.33. The molecule has 2 amide bonds. The molecule has 0 aromatic carbocycles. The highest BCUT2D eigenvalue weighted by Gasteiger charge is 2.22. The molecule has 96 valence electrons. The largest absolute Gasteiger partial charge is 0.480 e. The predicted octanol–water partition coefficient (Wildman–Crippen LogP) is -1.13. The SMILES string of the molecule is O=C(O)COCC(=O)NC1CCCCNC1=O. The quantitative estimate of drug-likeness (QED) is 0.567. The van der Waals surface area contributed by atoms with Gasteiger partial charge in [-0.15, -0.1) is 0 Å². The van der Waals surface area contributed by atoms with Gasteiger partial charge in [0, 0.05) is 6.54 Å². The Balaban J connectivity index is 2.28. The molecule has 0 bridgehead atoms. The van der Waals surface area contributed by atoms with Crippen LogP contribution in [0.2, 0.25) is 0 Å². The summed E-state index contributed by atoms with van der Waals surface area (Å²) in [5.74, 6) is -1.81. The molecular weight excluding hydrogens is 228 g/mol. The number of carbonyl (C=O) groups is 3. The molecule has 1 aliphatic heterocycles. The molecule has 7 heteroatoms. The van der Waals surface area contributed by atoms with Crippen LogP contribution in [0, 0.1) is 0 Å². The van der Waals surface area contributed by atoms with Crippen molar-refractivity contribution in [1.29, 1.82) is 0 Å². The zero-order valence-corrected chi connectivity index (χ0v) is 9.40. The second kappa shape index (κ2) is 6.85. The fourth-order valence-electron chi connectivity index (χ4n) is 1.54. The molecule has 0 spiro atoms. The molecule has 1 aliphatic rings. The Morgan fingerprint density at radius 1 is 1.41 bits per heavy atom. The predicted molar refractivity (Wildman–Crippen MR) is 57.2 cm³/mol. The minimum absolute atomic E-state index is 0.200. The normalized spacial score (nSPS) is 20.2. The molecule has 0 aliphatic carbocycles. The fourth-order valence-corrected chi connectivity index (χ4v) is 1.54. The van der Waals surface area contributed by atoms with Crippen molar-refractivity contribution in [2.45, 2.75) is 25.3 Å². The van der Waals surface area contributed by atoms with Gasteiger partial charge in [0.05, 0.1) is 0 Å². The third kappa shape index (κ3) is 5.30. The average Bonchev–Trinajstić information content (AvgIpc) is 2.44. The molecule has 0 saturated carbocycles. The molecule has 1 fully saturated rings. The summed E-state index contributed by atoms with van der Waals surface area (Å²) in [7, 11) is 0. The monoisotopic (exact) mass is 244 g/mol. The molecule has 0 aromatic heterocycles. The van der Waals surface area contributed by atoms with Crippen LogP contribution in [0.15, 0.2) is 0 Å². The summed E-state index contributed by atoms with van der Waals surface area (Å²) in [5.41, 5.74) is 0. The summed E-state index contributed by atoms with van der Waals surface area (Å²) in [5, 5.41) is 13.5. The maximum absolute atomic E-state index is 11.5. The van der Waals surface area contributed by atoms with Crippen molar-refractivity contribution in [3.05, 3.63) is 0 Å². The molecule has 1 atom stereocenters. The molecule has 1 saturated heterocycles. The van der Waals surface area contributed by atoms with Crippen LogP contribution in [0.1, 0.15) is 19.3 Å². The first-order valence-electron chi connectivity index (χ1n) is 5.46. The van der Waals surface area contributed by atoms with E-state index in [1.165, 1.54) is 0 Å². The second-order valence-corrected chi connectivity index (χ2v) is 3.79. The van der Waals surface area contributed by atoms with E-state index in [-0.39, 0.29) is 12.5 Å². The van der Waals surface area contributed by atoms with Gasteiger partial charge in [0.15, 0.2) is 0 Å². The Kier molecular flexibility index (Phi) is 5.41. The van der Waals surface area contributed by atoms with Crippen molar-refractivity contribution in [2.24, 2.45) is 0 Å². The zero-order chi connectivity index (χ0) is 12.7. The number of carbonyl (C=O) groups excluding carboxylic acids is 2. The van der Waals surface area contributed by atoms with Crippen LogP contribution >= 0.6 is 0 Å². The van der Waals surface area contributed by atoms with E-state index in [9.17, 15) is 14.4 Å². The van der Waals surface area contributed by atoms with Gasteiger partial charge in [-0.1, -0.05) is 0 Å². The van der Waals surface area contributed by atoms with Crippen LogP contribution in [-0.2, 0) is 19.1 Å². The van der Waals surface area contributed by atoms with Crippen LogP contribution in [0.5, 0.6) is 0 Å². The molecular formula is C10H16N2O5. The summed E-state index contributed by atoms with van der Waals surface area (Å²) >= 11 is 0. The molecule has 0 aromatic rings. The number of rotatable bonds is 5. The van der Waals surface area contributed by atoms with Crippen molar-refractivity contribution in [2.75, 3.05) is 19.8 Å². The first-order valence-corrected chi connectivity index (χ1v) is 5.46. The van der Waals surface area contributed by atoms with Crippen LogP contribution in [0.3, 0.4) is 0 Å². The molecule has 17 heavy (non-hydrogen) atoms. The van der Waals surface area contributed by atoms with E-state index in [1.807, 2.05) is 0 Å². The van der Waals surface area contributed by atoms with Crippen molar-refractivity contribution in [1.82, 2.24) is 10.6 Å². The number of amides is 2. The first kappa shape index (κ1) is 13.4. The lowest BCUT2D eigenvalue weighted by Crippen LogP contribution is -2.46. The highest BCUT2D eigenvalue weighted by Crippen LogP contribution is 2.04. The Morgan fingerprint density at radius 2 is 2.18 bits per heavy atom. The van der Waals surface area contributed by atoms with Crippen LogP contribution < -0.4 is 10.6 Å². The average molecular weight is 244 g/mol. The van der Waals surface area contributed by atoms with Gasteiger partial charge in [0.25, 0.3) is 0 Å². The first-order chi connectivity index (χ1) is 8.09. The highest BCUT2D eigenvalue weighted by atomic mass is 16.5. The Labute approximate surface area is 98.5 Å². The van der Waals surface area contributed by atoms with E-state index < -0.39 is 24.5 Å². The van der Waals surface area contributed by atoms with Gasteiger partial charge in [-0.3, -0.25) is 9.59 Å². The molecule has 3 N–H and O–H groups in total. The lowest BCUT2D eigenvalue weighted by atomic mass is 10.1. The third-order valence-electron chi connectivity index (χ3n) is 2.33. The molecule has 0 radical (unpaired) electrons. The van der Waals surface area contributed by atoms with Gasteiger partial charge < -0.3 is 20.5 Å². The summed E-state index contributed by atoms with van der Waals surface area (Å²) in [6.07, 6.45) is 2.35. The number of hydrogen-bond donors (Lipinski definition) is 3. The number of carboxylic acid groups (broad SMARTS) is 1. The van der Waals surface area contributed by atoms with Crippen LogP contribution in [0.25, 0.3) is 0 Å². The molecule has 7 nitrogen and oxygen atoms in total. The number of hydrogen-bond acceptors (Lipinski definition) is 4. The summed E-state index contributed by atoms with van der Waals surface area (Å²) in [4.78, 5) is 33.0. The maximum atomic E-state index is 11.5. The zero-order valence-electron chi connectivity index (χ0n) is 9.40. The van der Waals surface area contributed by atoms with E-state index in [4.69, 9.17) is 5.11 Å². The summed E-state index contributed by atoms with van der Waals surface area (Å²) in [6, 6.07) is -0.543. The van der Waals surface area contributed by atoms with E-state index in [2.05, 4.69) is 15.4 Å². The second-order valence-electron chi connectivity index (χ2n) is 3.79. The molecule has 1 heterocycles. The number of aliphatic carboxylic acids is 1. The van der Waals surface area contributed by atoms with Gasteiger partial charge in [-0.25, -0.2) is 4.79 Å². The summed E-state index contributed by atoms with van der Waals surface area (Å²) < 4.78 is 4.62. The fraction of sp³-hybridized carbons (Fsp3) is 0.700. The van der Waals surface area contributed by atoms with Crippen LogP contribution in [0.4, 0.5) is 0 Å². The van der Waals surface area contributed by atoms with E-state index >= 15 is 0 Å². The summed E-state index contributed by atoms with van der Waals surface area (Å²) in [6.45, 7) is -0.249. The van der Waals surface area contributed by atoms with Crippen molar-refractivity contribution in [3.8, 4) is 0 Å². The topological polar surface area (TPSA) is 105 Å². The lowest BCUT2D eigenvalue weighted by Gasteiger charge is -2.14. The number of ether oxygens (including phenoxy) is 1. The van der Waals surface area contributed by atoms with Crippen molar-refractivity contribution >= 4 is 17.8 Å². The molecule has 1 rings (SSSR count). The van der Waals surface area contributed by atoms with Gasteiger partial charge >= 0.3 is 5.97 Å². The van der Waals surface area contributed by atoms with E-state index in [1.54, 1.807) is 0 Å². The van der Waals surface area contributed by atoms with E-state index in [0.29, 0.717) is 13.0 Å². The Hall–Kier alpha value is -1.63. The Bertz CT molecular complexity index is 305. The number of nitrogens with one attached hydrogen (secondary N) is 2. The van der Waals surface area contributed by atoms with Crippen molar-refractivity contribution < 1.29 is 24.2 Å². The standard InChI is InChI=1S/C10H16N2O5/c13-8(5-17-6-9(14)15)12-7-3-1-2-4-11-10(7)16/h7H,1-6H2,(H,11,16)(H,12,13)(H,14,15). The maximum Gasteiger partial charge on any atom is 0.329 e. The van der Waals surface area contributed by atoms with Crippen LogP contribution in [-0.4, -0.2) is 48.7 Å². The lowest BCUT2D eigenvalue weighted by molar-refractivity contribution is -0.144. The van der Waals surface area contributed by atoms with E-state index in [0.717, 1.165) is 12.8 Å². The molecule has 1 unspecified atom stereocenters. The number of carboxylic acids is 1. The van der Waals surface area contributed by atoms with Gasteiger partial charge in [0.2, 0.25) is 11.8 Å². The van der Waals surface area contributed by atoms with Gasteiger partial charge in [-0.2, -0.15) is 0 Å².